The van der Waals surface area contributed by atoms with E-state index in [1.807, 2.05) is 0 Å². The molecule has 0 spiro atoms. The lowest BCUT2D eigenvalue weighted by molar-refractivity contribution is 0.150. The van der Waals surface area contributed by atoms with E-state index in [0.29, 0.717) is 6.04 Å². The van der Waals surface area contributed by atoms with Crippen molar-refractivity contribution < 1.29 is 0 Å². The van der Waals surface area contributed by atoms with Gasteiger partial charge < -0.3 is 14.8 Å². The van der Waals surface area contributed by atoms with Crippen LogP contribution in [0, 0.1) is 0 Å². The highest BCUT2D eigenvalue weighted by Gasteiger charge is 2.21. The second-order valence-electron chi connectivity index (χ2n) is 6.62. The third-order valence-electron chi connectivity index (χ3n) is 5.03. The molecule has 1 aliphatic carbocycles. The van der Waals surface area contributed by atoms with Gasteiger partial charge in [-0.2, -0.15) is 0 Å². The summed E-state index contributed by atoms with van der Waals surface area (Å²) in [5.74, 6) is 0. The molecule has 3 rings (SSSR count). The maximum absolute atomic E-state index is 3.64. The molecule has 1 aliphatic heterocycles. The van der Waals surface area contributed by atoms with Crippen LogP contribution in [0.1, 0.15) is 36.9 Å². The highest BCUT2D eigenvalue weighted by Crippen LogP contribution is 2.30. The lowest BCUT2D eigenvalue weighted by Gasteiger charge is -2.32. The minimum Gasteiger partial charge on any atom is -0.352 e. The number of likely N-dealkylation sites (N-methyl/N-ethyl adjacent to an activating group) is 1. The molecule has 0 bridgehead atoms. The summed E-state index contributed by atoms with van der Waals surface area (Å²) in [6.07, 6.45) is 8.68. The zero-order valence-corrected chi connectivity index (χ0v) is 13.6. The fourth-order valence-electron chi connectivity index (χ4n) is 3.66. The van der Waals surface area contributed by atoms with Crippen molar-refractivity contribution in [2.45, 2.75) is 38.8 Å². The van der Waals surface area contributed by atoms with Crippen LogP contribution in [0.5, 0.6) is 0 Å². The zero-order chi connectivity index (χ0) is 14.7. The number of rotatable bonds is 5. The van der Waals surface area contributed by atoms with Crippen LogP contribution in [-0.2, 0) is 13.0 Å². The summed E-state index contributed by atoms with van der Waals surface area (Å²) < 4.78 is 2.43. The molecule has 1 aromatic rings. The van der Waals surface area contributed by atoms with Crippen LogP contribution >= 0.6 is 0 Å². The van der Waals surface area contributed by atoms with E-state index in [1.165, 1.54) is 52.0 Å². The van der Waals surface area contributed by atoms with E-state index in [9.17, 15) is 0 Å². The maximum atomic E-state index is 3.64. The Balaban J connectivity index is 1.57. The molecule has 1 aromatic heterocycles. The maximum Gasteiger partial charge on any atom is 0.0347 e. The standard InChI is InChI=1S/C17H30N4/c1-3-18-17-6-4-5-15-13-21(14-16(15)17)12-11-20-9-7-19(2)8-10-20/h13-14,17-18H,3-12H2,1-2H3. The lowest BCUT2D eigenvalue weighted by atomic mass is 9.91. The Morgan fingerprint density at radius 2 is 1.95 bits per heavy atom. The van der Waals surface area contributed by atoms with E-state index in [1.54, 1.807) is 11.1 Å². The molecule has 4 heteroatoms. The van der Waals surface area contributed by atoms with Crippen LogP contribution in [0.25, 0.3) is 0 Å². The lowest BCUT2D eigenvalue weighted by Crippen LogP contribution is -2.45. The minimum atomic E-state index is 0.587. The molecule has 1 fully saturated rings. The number of hydrogen-bond acceptors (Lipinski definition) is 3. The molecule has 0 aromatic carbocycles. The topological polar surface area (TPSA) is 23.4 Å². The Kier molecular flexibility index (Phi) is 4.99. The van der Waals surface area contributed by atoms with Crippen LogP contribution in [0.3, 0.4) is 0 Å². The normalized spacial score (nSPS) is 24.2. The number of aromatic nitrogens is 1. The SMILES string of the molecule is CCNC1CCCc2cn(CCN3CCN(C)CC3)cc21. The smallest absolute Gasteiger partial charge is 0.0347 e. The molecule has 21 heavy (non-hydrogen) atoms. The first kappa shape index (κ1) is 15.1. The van der Waals surface area contributed by atoms with Gasteiger partial charge in [0.1, 0.15) is 0 Å². The fourth-order valence-corrected chi connectivity index (χ4v) is 3.66. The van der Waals surface area contributed by atoms with Crippen molar-refractivity contribution in [1.82, 2.24) is 19.7 Å². The predicted molar refractivity (Wildman–Crippen MR) is 87.7 cm³/mol. The third kappa shape index (κ3) is 3.68. The van der Waals surface area contributed by atoms with Gasteiger partial charge in [-0.15, -0.1) is 0 Å². The average molecular weight is 290 g/mol. The van der Waals surface area contributed by atoms with Crippen LogP contribution in [0.2, 0.25) is 0 Å². The number of aryl methyl sites for hydroxylation is 1. The molecule has 1 N–H and O–H groups in total. The summed E-state index contributed by atoms with van der Waals surface area (Å²) in [7, 11) is 2.22. The van der Waals surface area contributed by atoms with Gasteiger partial charge in [-0.3, -0.25) is 4.90 Å². The molecular weight excluding hydrogens is 260 g/mol. The number of piperazine rings is 1. The highest BCUT2D eigenvalue weighted by atomic mass is 15.2. The van der Waals surface area contributed by atoms with E-state index in [0.717, 1.165) is 13.1 Å². The summed E-state index contributed by atoms with van der Waals surface area (Å²) in [4.78, 5) is 5.02. The van der Waals surface area contributed by atoms with Crippen molar-refractivity contribution in [2.75, 3.05) is 46.3 Å². The summed E-state index contributed by atoms with van der Waals surface area (Å²) >= 11 is 0. The van der Waals surface area contributed by atoms with Gasteiger partial charge in [0.05, 0.1) is 0 Å². The predicted octanol–water partition coefficient (Wildman–Crippen LogP) is 1.72. The Morgan fingerprint density at radius 3 is 2.71 bits per heavy atom. The Labute approximate surface area is 129 Å². The number of nitrogens with zero attached hydrogens (tertiary/aromatic N) is 3. The van der Waals surface area contributed by atoms with Crippen LogP contribution in [-0.4, -0.2) is 60.7 Å². The van der Waals surface area contributed by atoms with Crippen LogP contribution in [0.4, 0.5) is 0 Å². The van der Waals surface area contributed by atoms with Gasteiger partial charge in [0, 0.05) is 57.7 Å². The summed E-state index contributed by atoms with van der Waals surface area (Å²) in [6, 6.07) is 0.587. The van der Waals surface area contributed by atoms with Crippen molar-refractivity contribution in [3.05, 3.63) is 23.5 Å². The van der Waals surface area contributed by atoms with E-state index >= 15 is 0 Å². The highest BCUT2D eigenvalue weighted by molar-refractivity contribution is 5.30. The Morgan fingerprint density at radius 1 is 1.14 bits per heavy atom. The molecule has 1 atom stereocenters. The van der Waals surface area contributed by atoms with Crippen molar-refractivity contribution in [2.24, 2.45) is 0 Å². The van der Waals surface area contributed by atoms with Gasteiger partial charge in [-0.25, -0.2) is 0 Å². The zero-order valence-electron chi connectivity index (χ0n) is 13.6. The van der Waals surface area contributed by atoms with Gasteiger partial charge in [-0.05, 0) is 44.0 Å². The number of hydrogen-bond donors (Lipinski definition) is 1. The second-order valence-corrected chi connectivity index (χ2v) is 6.62. The second kappa shape index (κ2) is 6.95. The molecule has 2 aliphatic rings. The van der Waals surface area contributed by atoms with Gasteiger partial charge >= 0.3 is 0 Å². The molecule has 0 saturated carbocycles. The van der Waals surface area contributed by atoms with Crippen molar-refractivity contribution >= 4 is 0 Å². The quantitative estimate of drug-likeness (QED) is 0.893. The largest absolute Gasteiger partial charge is 0.352 e. The first-order valence-electron chi connectivity index (χ1n) is 8.59. The van der Waals surface area contributed by atoms with E-state index in [4.69, 9.17) is 0 Å². The van der Waals surface area contributed by atoms with Gasteiger partial charge in [0.15, 0.2) is 0 Å². The average Bonchev–Trinajstić information content (AvgIpc) is 2.91. The number of nitrogens with one attached hydrogen (secondary N) is 1. The van der Waals surface area contributed by atoms with E-state index in [2.05, 4.69) is 46.0 Å². The fraction of sp³-hybridized carbons (Fsp3) is 0.765. The van der Waals surface area contributed by atoms with Crippen molar-refractivity contribution in [1.29, 1.82) is 0 Å². The van der Waals surface area contributed by atoms with Gasteiger partial charge in [-0.1, -0.05) is 6.92 Å². The molecule has 4 nitrogen and oxygen atoms in total. The summed E-state index contributed by atoms with van der Waals surface area (Å²) in [5, 5.41) is 3.64. The molecule has 2 heterocycles. The van der Waals surface area contributed by atoms with Crippen LogP contribution in [0.15, 0.2) is 12.4 Å². The molecule has 0 radical (unpaired) electrons. The van der Waals surface area contributed by atoms with Crippen molar-refractivity contribution in [3.63, 3.8) is 0 Å². The van der Waals surface area contributed by atoms with Gasteiger partial charge in [0.2, 0.25) is 0 Å². The Hall–Kier alpha value is -0.840. The summed E-state index contributed by atoms with van der Waals surface area (Å²) in [5.41, 5.74) is 3.13. The van der Waals surface area contributed by atoms with E-state index < -0.39 is 0 Å². The molecule has 0 amide bonds. The van der Waals surface area contributed by atoms with Gasteiger partial charge in [0.25, 0.3) is 0 Å². The van der Waals surface area contributed by atoms with Crippen molar-refractivity contribution in [3.8, 4) is 0 Å². The van der Waals surface area contributed by atoms with Crippen LogP contribution < -0.4 is 5.32 Å². The molecular formula is C17H30N4. The molecule has 1 unspecified atom stereocenters. The summed E-state index contributed by atoms with van der Waals surface area (Å²) in [6.45, 7) is 10.5. The third-order valence-corrected chi connectivity index (χ3v) is 5.03. The number of fused-ring (bicyclic) bond motifs is 1. The molecule has 1 saturated heterocycles. The first-order chi connectivity index (χ1) is 10.3. The first-order valence-corrected chi connectivity index (χ1v) is 8.59. The van der Waals surface area contributed by atoms with E-state index in [-0.39, 0.29) is 0 Å². The molecule has 118 valence electrons. The minimum absolute atomic E-state index is 0.587. The Bertz CT molecular complexity index is 446. The monoisotopic (exact) mass is 290 g/mol.